The predicted octanol–water partition coefficient (Wildman–Crippen LogP) is 3.03. The first-order valence-electron chi connectivity index (χ1n) is 8.94. The molecule has 0 atom stereocenters. The van der Waals surface area contributed by atoms with Crippen LogP contribution in [-0.2, 0) is 11.3 Å². The lowest BCUT2D eigenvalue weighted by Crippen LogP contribution is -2.30. The van der Waals surface area contributed by atoms with Gasteiger partial charge in [-0.05, 0) is 24.6 Å². The number of methoxy groups -OCH3 is 1. The molecule has 0 saturated carbocycles. The lowest BCUT2D eigenvalue weighted by atomic mass is 10.0. The molecular weight excluding hydrogens is 390 g/mol. The summed E-state index contributed by atoms with van der Waals surface area (Å²) in [6.45, 7) is 1.47. The molecule has 0 spiro atoms. The fraction of sp³-hybridized carbons (Fsp3) is 0.143. The molecule has 2 aromatic carbocycles. The predicted molar refractivity (Wildman–Crippen MR) is 105 cm³/mol. The van der Waals surface area contributed by atoms with Crippen molar-refractivity contribution < 1.29 is 24.0 Å². The van der Waals surface area contributed by atoms with E-state index in [0.717, 1.165) is 16.4 Å². The number of carbonyl (C=O) groups is 3. The number of para-hydroxylation sites is 1. The molecule has 150 valence electrons. The van der Waals surface area contributed by atoms with E-state index in [1.165, 1.54) is 19.2 Å². The second-order valence-corrected chi connectivity index (χ2v) is 6.75. The number of non-ortho nitro benzene ring substituents is 1. The third-order valence-corrected chi connectivity index (χ3v) is 5.09. The molecule has 0 N–H and O–H groups in total. The number of pyridine rings is 1. The molecule has 0 unspecified atom stereocenters. The van der Waals surface area contributed by atoms with Crippen LogP contribution in [0.3, 0.4) is 0 Å². The van der Waals surface area contributed by atoms with Gasteiger partial charge in [0, 0.05) is 17.5 Å². The highest BCUT2D eigenvalue weighted by Gasteiger charge is 2.38. The average Bonchev–Trinajstić information content (AvgIpc) is 2.98. The Labute approximate surface area is 170 Å². The number of rotatable bonds is 4. The maximum Gasteiger partial charge on any atom is 0.340 e. The van der Waals surface area contributed by atoms with Crippen LogP contribution in [0.1, 0.15) is 42.3 Å². The molecule has 1 aliphatic rings. The molecule has 0 radical (unpaired) electrons. The van der Waals surface area contributed by atoms with Crippen LogP contribution < -0.4 is 0 Å². The second kappa shape index (κ2) is 7.03. The molecule has 0 bridgehead atoms. The van der Waals surface area contributed by atoms with Gasteiger partial charge in [0.1, 0.15) is 0 Å². The highest BCUT2D eigenvalue weighted by molar-refractivity contribution is 6.21. The Morgan fingerprint density at radius 2 is 1.83 bits per heavy atom. The molecule has 2 amide bonds. The van der Waals surface area contributed by atoms with Gasteiger partial charge in [-0.2, -0.15) is 0 Å². The lowest BCUT2D eigenvalue weighted by Gasteiger charge is -2.18. The molecule has 2 heterocycles. The number of amides is 2. The number of aryl methyl sites for hydroxylation is 1. The monoisotopic (exact) mass is 405 g/mol. The maximum absolute atomic E-state index is 12.8. The molecule has 1 aliphatic heterocycles. The van der Waals surface area contributed by atoms with Gasteiger partial charge in [0.2, 0.25) is 0 Å². The first-order chi connectivity index (χ1) is 14.3. The van der Waals surface area contributed by atoms with Crippen molar-refractivity contribution in [3.63, 3.8) is 0 Å². The van der Waals surface area contributed by atoms with Crippen molar-refractivity contribution in [2.75, 3.05) is 7.11 Å². The van der Waals surface area contributed by atoms with Crippen LogP contribution in [0.4, 0.5) is 5.69 Å². The maximum atomic E-state index is 12.8. The summed E-state index contributed by atoms with van der Waals surface area (Å²) in [5.41, 5.74) is 1.35. The molecule has 0 fully saturated rings. The summed E-state index contributed by atoms with van der Waals surface area (Å²) in [7, 11) is 1.24. The lowest BCUT2D eigenvalue weighted by molar-refractivity contribution is -0.384. The van der Waals surface area contributed by atoms with Gasteiger partial charge in [-0.3, -0.25) is 24.6 Å². The van der Waals surface area contributed by atoms with Crippen molar-refractivity contribution in [3.05, 3.63) is 80.5 Å². The molecule has 0 aliphatic carbocycles. The number of aromatic nitrogens is 1. The normalized spacial score (nSPS) is 12.9. The van der Waals surface area contributed by atoms with E-state index in [2.05, 4.69) is 4.98 Å². The second-order valence-electron chi connectivity index (χ2n) is 6.75. The minimum absolute atomic E-state index is 0.0497. The summed E-state index contributed by atoms with van der Waals surface area (Å²) < 4.78 is 4.89. The smallest absolute Gasteiger partial charge is 0.340 e. The first kappa shape index (κ1) is 19.2. The van der Waals surface area contributed by atoms with E-state index in [0.29, 0.717) is 11.1 Å². The quantitative estimate of drug-likeness (QED) is 0.283. The zero-order valence-electron chi connectivity index (χ0n) is 16.0. The topological polar surface area (TPSA) is 120 Å². The van der Waals surface area contributed by atoms with Gasteiger partial charge in [0.15, 0.2) is 0 Å². The van der Waals surface area contributed by atoms with Gasteiger partial charge in [0.25, 0.3) is 17.5 Å². The molecule has 4 rings (SSSR count). The summed E-state index contributed by atoms with van der Waals surface area (Å²) in [4.78, 5) is 53.8. The van der Waals surface area contributed by atoms with Gasteiger partial charge in [-0.15, -0.1) is 0 Å². The molecule has 30 heavy (non-hydrogen) atoms. The van der Waals surface area contributed by atoms with Crippen LogP contribution >= 0.6 is 0 Å². The fourth-order valence-electron chi connectivity index (χ4n) is 3.61. The highest BCUT2D eigenvalue weighted by atomic mass is 16.6. The number of nitro groups is 1. The standard InChI is InChI=1S/C21H15N3O6/c1-11-13-5-3-4-6-16(13)22-17(18(11)21(27)30-2)10-23-19(25)14-8-7-12(24(28)29)9-15(14)20(23)26/h3-9H,10H2,1-2H3. The summed E-state index contributed by atoms with van der Waals surface area (Å²) in [6, 6.07) is 10.7. The first-order valence-corrected chi connectivity index (χ1v) is 8.94. The Morgan fingerprint density at radius 3 is 2.53 bits per heavy atom. The van der Waals surface area contributed by atoms with E-state index in [1.807, 2.05) is 12.1 Å². The van der Waals surface area contributed by atoms with Crippen LogP contribution in [0, 0.1) is 17.0 Å². The number of esters is 1. The highest BCUT2D eigenvalue weighted by Crippen LogP contribution is 2.30. The Hall–Kier alpha value is -4.14. The van der Waals surface area contributed by atoms with Crippen LogP contribution in [0.2, 0.25) is 0 Å². The van der Waals surface area contributed by atoms with Crippen molar-refractivity contribution in [3.8, 4) is 0 Å². The number of hydrogen-bond acceptors (Lipinski definition) is 7. The van der Waals surface area contributed by atoms with Crippen LogP contribution in [0.15, 0.2) is 42.5 Å². The SMILES string of the molecule is COC(=O)c1c(CN2C(=O)c3ccc([N+](=O)[O-])cc3C2=O)nc2ccccc2c1C. The molecule has 9 heteroatoms. The van der Waals surface area contributed by atoms with Crippen molar-refractivity contribution >= 4 is 34.4 Å². The van der Waals surface area contributed by atoms with Crippen LogP contribution in [0.5, 0.6) is 0 Å². The summed E-state index contributed by atoms with van der Waals surface area (Å²) >= 11 is 0. The zero-order valence-corrected chi connectivity index (χ0v) is 16.0. The van der Waals surface area contributed by atoms with E-state index in [4.69, 9.17) is 4.74 Å². The number of benzene rings is 2. The Morgan fingerprint density at radius 1 is 1.13 bits per heavy atom. The van der Waals surface area contributed by atoms with Crippen molar-refractivity contribution in [1.29, 1.82) is 0 Å². The Kier molecular flexibility index (Phi) is 4.50. The summed E-state index contributed by atoms with van der Waals surface area (Å²) in [5, 5.41) is 11.8. The Bertz CT molecular complexity index is 1270. The molecular formula is C21H15N3O6. The Balaban J connectivity index is 1.81. The molecule has 3 aromatic rings. The minimum Gasteiger partial charge on any atom is -0.465 e. The van der Waals surface area contributed by atoms with Crippen molar-refractivity contribution in [1.82, 2.24) is 9.88 Å². The number of imide groups is 1. The number of hydrogen-bond donors (Lipinski definition) is 0. The average molecular weight is 405 g/mol. The van der Waals surface area contributed by atoms with Gasteiger partial charge >= 0.3 is 5.97 Å². The van der Waals surface area contributed by atoms with E-state index in [9.17, 15) is 24.5 Å². The van der Waals surface area contributed by atoms with Gasteiger partial charge in [-0.1, -0.05) is 18.2 Å². The number of fused-ring (bicyclic) bond motifs is 2. The number of nitro benzene ring substituents is 1. The fourth-order valence-corrected chi connectivity index (χ4v) is 3.61. The van der Waals surface area contributed by atoms with Crippen molar-refractivity contribution in [2.24, 2.45) is 0 Å². The van der Waals surface area contributed by atoms with E-state index >= 15 is 0 Å². The third-order valence-electron chi connectivity index (χ3n) is 5.09. The largest absolute Gasteiger partial charge is 0.465 e. The third kappa shape index (κ3) is 2.87. The molecule has 9 nitrogen and oxygen atoms in total. The number of nitrogens with zero attached hydrogens (tertiary/aromatic N) is 3. The molecule has 1 aromatic heterocycles. The van der Waals surface area contributed by atoms with E-state index < -0.39 is 22.7 Å². The van der Waals surface area contributed by atoms with Gasteiger partial charge in [0.05, 0.1) is 46.5 Å². The van der Waals surface area contributed by atoms with Crippen LogP contribution in [-0.4, -0.2) is 39.7 Å². The van der Waals surface area contributed by atoms with Crippen LogP contribution in [0.25, 0.3) is 10.9 Å². The van der Waals surface area contributed by atoms with E-state index in [-0.39, 0.29) is 34.6 Å². The van der Waals surface area contributed by atoms with Crippen molar-refractivity contribution in [2.45, 2.75) is 13.5 Å². The van der Waals surface area contributed by atoms with E-state index in [1.54, 1.807) is 19.1 Å². The van der Waals surface area contributed by atoms with Gasteiger partial charge in [-0.25, -0.2) is 9.78 Å². The zero-order chi connectivity index (χ0) is 21.6. The molecule has 0 saturated heterocycles. The summed E-state index contributed by atoms with van der Waals surface area (Å²) in [6.07, 6.45) is 0. The van der Waals surface area contributed by atoms with Gasteiger partial charge < -0.3 is 4.74 Å². The number of ether oxygens (including phenoxy) is 1. The minimum atomic E-state index is -0.679. The number of carbonyl (C=O) groups excluding carboxylic acids is 3. The summed E-state index contributed by atoms with van der Waals surface area (Å²) in [5.74, 6) is -1.91.